The van der Waals surface area contributed by atoms with E-state index in [4.69, 9.17) is 27.9 Å². The number of amides is 2. The summed E-state index contributed by atoms with van der Waals surface area (Å²) in [6.45, 7) is 5.13. The third-order valence-corrected chi connectivity index (χ3v) is 8.65. The number of nitrogens with zero attached hydrogens (tertiary/aromatic N) is 2. The lowest BCUT2D eigenvalue weighted by atomic mass is 10.1. The van der Waals surface area contributed by atoms with Crippen molar-refractivity contribution in [2.24, 2.45) is 0 Å². The van der Waals surface area contributed by atoms with E-state index in [0.29, 0.717) is 28.6 Å². The monoisotopic (exact) mass is 605 g/mol. The summed E-state index contributed by atoms with van der Waals surface area (Å²) in [5, 5.41) is 3.55. The van der Waals surface area contributed by atoms with Crippen molar-refractivity contribution < 1.29 is 22.7 Å². The zero-order chi connectivity index (χ0) is 29.4. The maximum atomic E-state index is 14.0. The number of aryl methyl sites for hydroxylation is 1. The molecule has 3 rings (SSSR count). The Balaban J connectivity index is 2.10. The molecular formula is C29H33Cl2N3O5S. The Morgan fingerprint density at radius 2 is 1.73 bits per heavy atom. The molecule has 0 aliphatic rings. The van der Waals surface area contributed by atoms with Crippen LogP contribution in [0.3, 0.4) is 0 Å². The standard InChI is InChI=1S/C29H33Cl2N3O5S/c1-5-15-32-29(36)21(3)33(18-22-12-13-23(30)17-25(22)31)28(35)19-34(26-16-20(2)11-14-27(26)39-4)40(37,38)24-9-7-6-8-10-24/h6-14,16-17,21H,5,15,18-19H2,1-4H3,(H,32,36)/t21-/m0/s1. The summed E-state index contributed by atoms with van der Waals surface area (Å²) < 4.78 is 34.4. The van der Waals surface area contributed by atoms with Gasteiger partial charge in [0.2, 0.25) is 11.8 Å². The number of benzene rings is 3. The predicted octanol–water partition coefficient (Wildman–Crippen LogP) is 5.45. The van der Waals surface area contributed by atoms with Crippen LogP contribution in [0.25, 0.3) is 0 Å². The van der Waals surface area contributed by atoms with Gasteiger partial charge in [-0.3, -0.25) is 13.9 Å². The number of methoxy groups -OCH3 is 1. The van der Waals surface area contributed by atoms with Crippen LogP contribution in [0.15, 0.2) is 71.6 Å². The molecule has 3 aromatic rings. The van der Waals surface area contributed by atoms with E-state index in [1.165, 1.54) is 24.1 Å². The molecule has 3 aromatic carbocycles. The lowest BCUT2D eigenvalue weighted by Gasteiger charge is -2.32. The van der Waals surface area contributed by atoms with Gasteiger partial charge in [-0.05, 0) is 67.8 Å². The third-order valence-electron chi connectivity index (χ3n) is 6.29. The number of hydrogen-bond donors (Lipinski definition) is 1. The first kappa shape index (κ1) is 31.3. The summed E-state index contributed by atoms with van der Waals surface area (Å²) in [6, 6.07) is 16.8. The minimum atomic E-state index is -4.22. The fourth-order valence-corrected chi connectivity index (χ4v) is 5.95. The summed E-state index contributed by atoms with van der Waals surface area (Å²) in [4.78, 5) is 28.3. The van der Waals surface area contributed by atoms with Gasteiger partial charge in [-0.1, -0.05) is 60.5 Å². The minimum Gasteiger partial charge on any atom is -0.495 e. The minimum absolute atomic E-state index is 0.00684. The van der Waals surface area contributed by atoms with Crippen LogP contribution in [0, 0.1) is 6.92 Å². The van der Waals surface area contributed by atoms with Crippen molar-refractivity contribution in [2.75, 3.05) is 24.5 Å². The molecule has 0 bridgehead atoms. The second kappa shape index (κ2) is 13.9. The van der Waals surface area contributed by atoms with Gasteiger partial charge in [-0.2, -0.15) is 0 Å². The SMILES string of the molecule is CCCNC(=O)[C@H](C)N(Cc1ccc(Cl)cc1Cl)C(=O)CN(c1cc(C)ccc1OC)S(=O)(=O)c1ccccc1. The number of rotatable bonds is 12. The normalized spacial score (nSPS) is 11.9. The van der Waals surface area contributed by atoms with Gasteiger partial charge in [0.1, 0.15) is 18.3 Å². The quantitative estimate of drug-likeness (QED) is 0.296. The van der Waals surface area contributed by atoms with Crippen LogP contribution in [0.2, 0.25) is 10.0 Å². The van der Waals surface area contributed by atoms with E-state index in [1.54, 1.807) is 61.5 Å². The van der Waals surface area contributed by atoms with Crippen molar-refractivity contribution in [1.82, 2.24) is 10.2 Å². The van der Waals surface area contributed by atoms with Crippen LogP contribution in [0.4, 0.5) is 5.69 Å². The Morgan fingerprint density at radius 3 is 2.35 bits per heavy atom. The van der Waals surface area contributed by atoms with Crippen LogP contribution < -0.4 is 14.4 Å². The van der Waals surface area contributed by atoms with Crippen molar-refractivity contribution in [3.05, 3.63) is 87.9 Å². The third kappa shape index (κ3) is 7.47. The maximum Gasteiger partial charge on any atom is 0.264 e. The second-order valence-electron chi connectivity index (χ2n) is 9.22. The highest BCUT2D eigenvalue weighted by Crippen LogP contribution is 2.34. The highest BCUT2D eigenvalue weighted by Gasteiger charge is 2.34. The van der Waals surface area contributed by atoms with Gasteiger partial charge in [0.05, 0.1) is 17.7 Å². The smallest absolute Gasteiger partial charge is 0.264 e. The fraction of sp³-hybridized carbons (Fsp3) is 0.310. The van der Waals surface area contributed by atoms with Gasteiger partial charge in [-0.25, -0.2) is 8.42 Å². The Hall–Kier alpha value is -3.27. The molecule has 0 saturated heterocycles. The Bertz CT molecular complexity index is 1450. The second-order valence-corrected chi connectivity index (χ2v) is 11.9. The number of carbonyl (C=O) groups excluding carboxylic acids is 2. The predicted molar refractivity (Wildman–Crippen MR) is 158 cm³/mol. The van der Waals surface area contributed by atoms with E-state index < -0.39 is 28.5 Å². The molecule has 0 heterocycles. The number of ether oxygens (including phenoxy) is 1. The molecule has 0 aliphatic heterocycles. The van der Waals surface area contributed by atoms with Crippen LogP contribution in [0.5, 0.6) is 5.75 Å². The van der Waals surface area contributed by atoms with E-state index in [2.05, 4.69) is 5.32 Å². The van der Waals surface area contributed by atoms with Gasteiger partial charge in [0.25, 0.3) is 10.0 Å². The average Bonchev–Trinajstić information content (AvgIpc) is 2.94. The molecule has 0 spiro atoms. The lowest BCUT2D eigenvalue weighted by molar-refractivity contribution is -0.139. The molecule has 1 atom stereocenters. The summed E-state index contributed by atoms with van der Waals surface area (Å²) in [5.41, 5.74) is 1.53. The van der Waals surface area contributed by atoms with Crippen LogP contribution >= 0.6 is 23.2 Å². The van der Waals surface area contributed by atoms with Crippen molar-refractivity contribution in [3.8, 4) is 5.75 Å². The molecule has 0 saturated carbocycles. The van der Waals surface area contributed by atoms with Crippen molar-refractivity contribution in [3.63, 3.8) is 0 Å². The van der Waals surface area contributed by atoms with Gasteiger partial charge in [0, 0.05) is 23.1 Å². The lowest BCUT2D eigenvalue weighted by Crippen LogP contribution is -2.51. The zero-order valence-corrected chi connectivity index (χ0v) is 25.2. The Morgan fingerprint density at radius 1 is 1.02 bits per heavy atom. The first-order valence-electron chi connectivity index (χ1n) is 12.7. The first-order chi connectivity index (χ1) is 19.0. The van der Waals surface area contributed by atoms with E-state index in [1.807, 2.05) is 13.8 Å². The number of sulfonamides is 1. The van der Waals surface area contributed by atoms with E-state index >= 15 is 0 Å². The Kier molecular flexibility index (Phi) is 10.8. The van der Waals surface area contributed by atoms with Crippen molar-refractivity contribution in [1.29, 1.82) is 0 Å². The molecule has 40 heavy (non-hydrogen) atoms. The zero-order valence-electron chi connectivity index (χ0n) is 22.9. The average molecular weight is 607 g/mol. The molecule has 0 aromatic heterocycles. The van der Waals surface area contributed by atoms with E-state index in [9.17, 15) is 18.0 Å². The number of carbonyl (C=O) groups is 2. The van der Waals surface area contributed by atoms with Crippen LogP contribution in [-0.4, -0.2) is 51.4 Å². The molecule has 214 valence electrons. The van der Waals surface area contributed by atoms with Gasteiger partial charge < -0.3 is 15.0 Å². The molecule has 0 fully saturated rings. The maximum absolute atomic E-state index is 14.0. The fourth-order valence-electron chi connectivity index (χ4n) is 4.04. The number of nitrogens with one attached hydrogen (secondary N) is 1. The summed E-state index contributed by atoms with van der Waals surface area (Å²) in [7, 11) is -2.79. The molecule has 1 N–H and O–H groups in total. The van der Waals surface area contributed by atoms with Gasteiger partial charge in [-0.15, -0.1) is 0 Å². The highest BCUT2D eigenvalue weighted by atomic mass is 35.5. The molecule has 8 nitrogen and oxygen atoms in total. The van der Waals surface area contributed by atoms with E-state index in [0.717, 1.165) is 9.87 Å². The number of halogens is 2. The van der Waals surface area contributed by atoms with Crippen molar-refractivity contribution in [2.45, 2.75) is 44.7 Å². The Labute approximate surface area is 245 Å². The van der Waals surface area contributed by atoms with Gasteiger partial charge in [0.15, 0.2) is 0 Å². The largest absolute Gasteiger partial charge is 0.495 e. The molecule has 2 amide bonds. The summed E-state index contributed by atoms with van der Waals surface area (Å²) in [6.07, 6.45) is 0.714. The number of hydrogen-bond acceptors (Lipinski definition) is 5. The highest BCUT2D eigenvalue weighted by molar-refractivity contribution is 7.92. The molecular weight excluding hydrogens is 573 g/mol. The summed E-state index contributed by atoms with van der Waals surface area (Å²) >= 11 is 12.5. The van der Waals surface area contributed by atoms with Crippen LogP contribution in [0.1, 0.15) is 31.4 Å². The molecule has 0 unspecified atom stereocenters. The van der Waals surface area contributed by atoms with E-state index in [-0.39, 0.29) is 28.8 Å². The van der Waals surface area contributed by atoms with Crippen LogP contribution in [-0.2, 0) is 26.2 Å². The molecule has 0 radical (unpaired) electrons. The van der Waals surface area contributed by atoms with Gasteiger partial charge >= 0.3 is 0 Å². The van der Waals surface area contributed by atoms with Crippen molar-refractivity contribution >= 4 is 50.7 Å². The summed E-state index contributed by atoms with van der Waals surface area (Å²) in [5.74, 6) is -0.696. The molecule has 0 aliphatic carbocycles. The molecule has 11 heteroatoms. The first-order valence-corrected chi connectivity index (χ1v) is 14.9. The number of anilines is 1. The topological polar surface area (TPSA) is 96.0 Å².